The highest BCUT2D eigenvalue weighted by molar-refractivity contribution is 5.99. The second kappa shape index (κ2) is 6.17. The van der Waals surface area contributed by atoms with Crippen LogP contribution in [-0.4, -0.2) is 39.8 Å². The molecule has 1 atom stereocenters. The van der Waals surface area contributed by atoms with Gasteiger partial charge in [-0.3, -0.25) is 14.8 Å². The van der Waals surface area contributed by atoms with Crippen LogP contribution in [0.2, 0.25) is 0 Å². The van der Waals surface area contributed by atoms with Gasteiger partial charge in [0, 0.05) is 18.8 Å². The predicted octanol–water partition coefficient (Wildman–Crippen LogP) is 0.570. The first-order valence-corrected chi connectivity index (χ1v) is 7.12. The average Bonchev–Trinajstić information content (AvgIpc) is 3.17. The average molecular weight is 308 g/mol. The minimum Gasteiger partial charge on any atom is -0.449 e. The lowest BCUT2D eigenvalue weighted by Gasteiger charge is -2.13. The molecule has 0 saturated heterocycles. The molecule has 1 aromatic heterocycles. The van der Waals surface area contributed by atoms with Crippen molar-refractivity contribution in [1.29, 1.82) is 0 Å². The van der Waals surface area contributed by atoms with Crippen molar-refractivity contribution in [3.05, 3.63) is 17.0 Å². The second-order valence-corrected chi connectivity index (χ2v) is 5.45. The summed E-state index contributed by atoms with van der Waals surface area (Å²) < 4.78 is 6.68. The molecule has 1 aromatic rings. The molecule has 22 heavy (non-hydrogen) atoms. The van der Waals surface area contributed by atoms with Crippen LogP contribution < -0.4 is 10.6 Å². The highest BCUT2D eigenvalue weighted by Gasteiger charge is 2.27. The third-order valence-corrected chi connectivity index (χ3v) is 3.52. The number of aromatic nitrogens is 2. The summed E-state index contributed by atoms with van der Waals surface area (Å²) in [6, 6.07) is -0.421. The fourth-order valence-corrected chi connectivity index (χ4v) is 2.00. The van der Waals surface area contributed by atoms with Crippen LogP contribution in [0.15, 0.2) is 0 Å². The maximum Gasteiger partial charge on any atom is 0.342 e. The molecule has 8 heteroatoms. The molecular weight excluding hydrogens is 288 g/mol. The Kier molecular flexibility index (Phi) is 4.48. The SMILES string of the molecule is Cc1nn(C)c(C)c1C(=O)O[C@H](C)C(=O)NC(=O)NC1CC1. The van der Waals surface area contributed by atoms with Gasteiger partial charge in [0.15, 0.2) is 6.10 Å². The number of ether oxygens (including phenoxy) is 1. The molecule has 1 aliphatic rings. The van der Waals surface area contributed by atoms with E-state index in [-0.39, 0.29) is 6.04 Å². The lowest BCUT2D eigenvalue weighted by Crippen LogP contribution is -2.45. The van der Waals surface area contributed by atoms with E-state index in [1.54, 1.807) is 25.6 Å². The fraction of sp³-hybridized carbons (Fsp3) is 0.571. The fourth-order valence-electron chi connectivity index (χ4n) is 2.00. The number of imide groups is 1. The van der Waals surface area contributed by atoms with E-state index in [4.69, 9.17) is 4.74 Å². The number of carbonyl (C=O) groups excluding carboxylic acids is 3. The van der Waals surface area contributed by atoms with E-state index in [1.807, 2.05) is 0 Å². The smallest absolute Gasteiger partial charge is 0.342 e. The predicted molar refractivity (Wildman–Crippen MR) is 77.3 cm³/mol. The Hall–Kier alpha value is -2.38. The number of carbonyl (C=O) groups is 3. The lowest BCUT2D eigenvalue weighted by molar-refractivity contribution is -0.127. The van der Waals surface area contributed by atoms with Crippen LogP contribution >= 0.6 is 0 Å². The van der Waals surface area contributed by atoms with Gasteiger partial charge in [-0.25, -0.2) is 9.59 Å². The van der Waals surface area contributed by atoms with Gasteiger partial charge in [-0.15, -0.1) is 0 Å². The molecule has 0 bridgehead atoms. The third-order valence-electron chi connectivity index (χ3n) is 3.52. The highest BCUT2D eigenvalue weighted by Crippen LogP contribution is 2.18. The number of hydrogen-bond donors (Lipinski definition) is 2. The number of urea groups is 1. The van der Waals surface area contributed by atoms with E-state index >= 15 is 0 Å². The van der Waals surface area contributed by atoms with Crippen molar-refractivity contribution >= 4 is 17.9 Å². The molecule has 2 N–H and O–H groups in total. The number of esters is 1. The number of nitrogens with one attached hydrogen (secondary N) is 2. The van der Waals surface area contributed by atoms with Gasteiger partial charge in [-0.2, -0.15) is 5.10 Å². The van der Waals surface area contributed by atoms with Crippen LogP contribution in [0.3, 0.4) is 0 Å². The van der Waals surface area contributed by atoms with Crippen LogP contribution in [0.4, 0.5) is 4.79 Å². The van der Waals surface area contributed by atoms with Gasteiger partial charge in [-0.1, -0.05) is 0 Å². The summed E-state index contributed by atoms with van der Waals surface area (Å²) in [5.41, 5.74) is 1.52. The monoisotopic (exact) mass is 308 g/mol. The Morgan fingerprint density at radius 3 is 2.45 bits per heavy atom. The van der Waals surface area contributed by atoms with Crippen molar-refractivity contribution in [1.82, 2.24) is 20.4 Å². The molecule has 1 aliphatic carbocycles. The summed E-state index contributed by atoms with van der Waals surface area (Å²) in [6.45, 7) is 4.85. The largest absolute Gasteiger partial charge is 0.449 e. The van der Waals surface area contributed by atoms with Gasteiger partial charge in [-0.05, 0) is 33.6 Å². The zero-order chi connectivity index (χ0) is 16.4. The Morgan fingerprint density at radius 1 is 1.32 bits per heavy atom. The second-order valence-electron chi connectivity index (χ2n) is 5.45. The molecular formula is C14H20N4O4. The zero-order valence-electron chi connectivity index (χ0n) is 13.1. The summed E-state index contributed by atoms with van der Waals surface area (Å²) in [7, 11) is 1.72. The van der Waals surface area contributed by atoms with Crippen molar-refractivity contribution in [2.75, 3.05) is 0 Å². The molecule has 2 rings (SSSR count). The van der Waals surface area contributed by atoms with Gasteiger partial charge in [0.25, 0.3) is 5.91 Å². The normalized spacial score (nSPS) is 15.1. The summed E-state index contributed by atoms with van der Waals surface area (Å²) in [4.78, 5) is 35.4. The molecule has 8 nitrogen and oxygen atoms in total. The molecule has 1 fully saturated rings. The molecule has 1 saturated carbocycles. The maximum absolute atomic E-state index is 12.1. The number of rotatable bonds is 4. The quantitative estimate of drug-likeness (QED) is 0.792. The van der Waals surface area contributed by atoms with E-state index < -0.39 is 24.0 Å². The summed E-state index contributed by atoms with van der Waals surface area (Å²) in [5.74, 6) is -1.29. The lowest BCUT2D eigenvalue weighted by atomic mass is 10.2. The van der Waals surface area contributed by atoms with Gasteiger partial charge in [0.1, 0.15) is 5.56 Å². The van der Waals surface area contributed by atoms with Gasteiger partial charge in [0.2, 0.25) is 0 Å². The van der Waals surface area contributed by atoms with Crippen molar-refractivity contribution < 1.29 is 19.1 Å². The number of aryl methyl sites for hydroxylation is 2. The van der Waals surface area contributed by atoms with Crippen LogP contribution in [0.25, 0.3) is 0 Å². The van der Waals surface area contributed by atoms with E-state index in [9.17, 15) is 14.4 Å². The molecule has 0 radical (unpaired) electrons. The Balaban J connectivity index is 1.92. The molecule has 3 amide bonds. The highest BCUT2D eigenvalue weighted by atomic mass is 16.5. The topological polar surface area (TPSA) is 102 Å². The zero-order valence-corrected chi connectivity index (χ0v) is 13.1. The molecule has 0 aliphatic heterocycles. The van der Waals surface area contributed by atoms with Crippen molar-refractivity contribution in [3.8, 4) is 0 Å². The van der Waals surface area contributed by atoms with Crippen molar-refractivity contribution in [2.45, 2.75) is 45.8 Å². The van der Waals surface area contributed by atoms with Crippen LogP contribution in [0.5, 0.6) is 0 Å². The van der Waals surface area contributed by atoms with Crippen molar-refractivity contribution in [3.63, 3.8) is 0 Å². The van der Waals surface area contributed by atoms with E-state index in [1.165, 1.54) is 6.92 Å². The number of hydrogen-bond acceptors (Lipinski definition) is 5. The first kappa shape index (κ1) is 16.0. The molecule has 0 aromatic carbocycles. The van der Waals surface area contributed by atoms with Crippen LogP contribution in [0, 0.1) is 13.8 Å². The first-order valence-electron chi connectivity index (χ1n) is 7.12. The Bertz CT molecular complexity index is 619. The third kappa shape index (κ3) is 3.63. The van der Waals surface area contributed by atoms with E-state index in [0.717, 1.165) is 12.8 Å². The summed E-state index contributed by atoms with van der Waals surface area (Å²) >= 11 is 0. The molecule has 120 valence electrons. The number of amides is 3. The molecule has 1 heterocycles. The van der Waals surface area contributed by atoms with Gasteiger partial charge in [0.05, 0.1) is 5.69 Å². The molecule has 0 unspecified atom stereocenters. The van der Waals surface area contributed by atoms with Crippen LogP contribution in [-0.2, 0) is 16.6 Å². The Morgan fingerprint density at radius 2 is 1.95 bits per heavy atom. The van der Waals surface area contributed by atoms with Gasteiger partial charge < -0.3 is 10.1 Å². The van der Waals surface area contributed by atoms with Crippen LogP contribution in [0.1, 0.15) is 41.5 Å². The van der Waals surface area contributed by atoms with Gasteiger partial charge >= 0.3 is 12.0 Å². The van der Waals surface area contributed by atoms with E-state index in [0.29, 0.717) is 17.0 Å². The first-order chi connectivity index (χ1) is 10.3. The summed E-state index contributed by atoms with van der Waals surface area (Å²) in [5, 5.41) is 8.90. The summed E-state index contributed by atoms with van der Waals surface area (Å²) in [6.07, 6.45) is 0.772. The Labute approximate surface area is 128 Å². The standard InChI is InChI=1S/C14H20N4O4/c1-7-11(8(2)18(4)17-7)13(20)22-9(3)12(19)16-14(21)15-10-5-6-10/h9-10H,5-6H2,1-4H3,(H2,15,16,19,21)/t9-/m1/s1. The maximum atomic E-state index is 12.1. The molecule has 0 spiro atoms. The minimum atomic E-state index is -1.07. The number of nitrogens with zero attached hydrogens (tertiary/aromatic N) is 2. The van der Waals surface area contributed by atoms with Crippen molar-refractivity contribution in [2.24, 2.45) is 7.05 Å². The van der Waals surface area contributed by atoms with E-state index in [2.05, 4.69) is 15.7 Å². The minimum absolute atomic E-state index is 0.145.